The fourth-order valence-corrected chi connectivity index (χ4v) is 6.94. The summed E-state index contributed by atoms with van der Waals surface area (Å²) in [5, 5.41) is 5.72. The van der Waals surface area contributed by atoms with Gasteiger partial charge in [-0.3, -0.25) is 4.79 Å². The molecule has 0 saturated carbocycles. The van der Waals surface area contributed by atoms with Crippen molar-refractivity contribution in [3.63, 3.8) is 0 Å². The number of aromatic nitrogens is 1. The molecule has 0 bridgehead atoms. The Labute approximate surface area is 201 Å². The molecule has 33 heavy (non-hydrogen) atoms. The van der Waals surface area contributed by atoms with E-state index in [0.717, 1.165) is 25.9 Å². The van der Waals surface area contributed by atoms with Gasteiger partial charge in [-0.1, -0.05) is 41.7 Å². The highest BCUT2D eigenvalue weighted by Crippen LogP contribution is 2.32. The van der Waals surface area contributed by atoms with Gasteiger partial charge in [-0.05, 0) is 54.8 Å². The van der Waals surface area contributed by atoms with Gasteiger partial charge >= 0.3 is 0 Å². The second kappa shape index (κ2) is 9.06. The van der Waals surface area contributed by atoms with Gasteiger partial charge in [0.25, 0.3) is 0 Å². The molecule has 6 nitrogen and oxygen atoms in total. The van der Waals surface area contributed by atoms with Crippen molar-refractivity contribution in [1.82, 2.24) is 9.29 Å². The molecule has 3 aromatic carbocycles. The summed E-state index contributed by atoms with van der Waals surface area (Å²) in [6.45, 7) is 0.657. The topological polar surface area (TPSA) is 79.4 Å². The van der Waals surface area contributed by atoms with Gasteiger partial charge in [0.1, 0.15) is 0 Å². The largest absolute Gasteiger partial charge is 0.302 e. The number of hydrogen-bond acceptors (Lipinski definition) is 6. The first kappa shape index (κ1) is 22.3. The lowest BCUT2D eigenvalue weighted by atomic mass is 9.97. The van der Waals surface area contributed by atoms with Gasteiger partial charge in [0.05, 0.1) is 15.1 Å². The molecule has 0 radical (unpaired) electrons. The van der Waals surface area contributed by atoms with Crippen molar-refractivity contribution >= 4 is 65.1 Å². The molecule has 4 aromatic rings. The first-order valence-electron chi connectivity index (χ1n) is 10.7. The predicted molar refractivity (Wildman–Crippen MR) is 135 cm³/mol. The molecule has 170 valence electrons. The van der Waals surface area contributed by atoms with Crippen molar-refractivity contribution in [3.8, 4) is 0 Å². The van der Waals surface area contributed by atoms with Gasteiger partial charge in [-0.2, -0.15) is 4.31 Å². The predicted octanol–water partition coefficient (Wildman–Crippen LogP) is 5.21. The fourth-order valence-electron chi connectivity index (χ4n) is 4.18. The molecule has 1 fully saturated rings. The number of thiazole rings is 1. The van der Waals surface area contributed by atoms with Crippen molar-refractivity contribution in [2.75, 3.05) is 24.7 Å². The maximum absolute atomic E-state index is 13.0. The Balaban J connectivity index is 1.25. The molecule has 2 heterocycles. The van der Waals surface area contributed by atoms with Crippen LogP contribution in [0.1, 0.15) is 12.8 Å². The number of sulfonamides is 1. The number of nitrogens with one attached hydrogen (secondary N) is 1. The van der Waals surface area contributed by atoms with Crippen molar-refractivity contribution in [2.45, 2.75) is 22.6 Å². The number of fused-ring (bicyclic) bond motifs is 3. The van der Waals surface area contributed by atoms with Crippen LogP contribution in [0.25, 0.3) is 21.0 Å². The van der Waals surface area contributed by atoms with Crippen LogP contribution in [-0.4, -0.2) is 43.0 Å². The van der Waals surface area contributed by atoms with E-state index in [-0.39, 0.29) is 11.8 Å². The molecule has 1 N–H and O–H groups in total. The lowest BCUT2D eigenvalue weighted by Crippen LogP contribution is -2.41. The average molecular weight is 498 g/mol. The Hall–Kier alpha value is -2.46. The minimum absolute atomic E-state index is 0.0975. The average Bonchev–Trinajstić information content (AvgIpc) is 3.27. The van der Waals surface area contributed by atoms with E-state index in [1.54, 1.807) is 23.9 Å². The minimum Gasteiger partial charge on any atom is -0.302 e. The van der Waals surface area contributed by atoms with Crippen molar-refractivity contribution < 1.29 is 13.2 Å². The van der Waals surface area contributed by atoms with E-state index in [1.807, 2.05) is 48.7 Å². The number of carbonyl (C=O) groups excluding carboxylic acids is 1. The summed E-state index contributed by atoms with van der Waals surface area (Å²) >= 11 is 3.03. The first-order chi connectivity index (χ1) is 16.0. The van der Waals surface area contributed by atoms with Crippen LogP contribution in [0.2, 0.25) is 0 Å². The summed E-state index contributed by atoms with van der Waals surface area (Å²) in [4.78, 5) is 18.9. The lowest BCUT2D eigenvalue weighted by molar-refractivity contribution is -0.120. The molecule has 9 heteroatoms. The Kier molecular flexibility index (Phi) is 6.13. The van der Waals surface area contributed by atoms with E-state index >= 15 is 0 Å². The minimum atomic E-state index is -3.55. The number of benzene rings is 3. The number of anilines is 1. The molecule has 1 aliphatic rings. The van der Waals surface area contributed by atoms with Crippen LogP contribution >= 0.6 is 23.1 Å². The Morgan fingerprint density at radius 1 is 1.06 bits per heavy atom. The molecule has 1 aliphatic heterocycles. The molecular weight excluding hydrogens is 474 g/mol. The SMILES string of the molecule is CSc1ccc(S(=O)(=O)N2CCC(C(=O)Nc3nc4c(ccc5ccccc54)s3)CC2)cc1. The zero-order valence-electron chi connectivity index (χ0n) is 18.0. The highest BCUT2D eigenvalue weighted by atomic mass is 32.2. The van der Waals surface area contributed by atoms with Crippen LogP contribution in [0, 0.1) is 5.92 Å². The fraction of sp³-hybridized carbons (Fsp3) is 0.250. The number of rotatable bonds is 5. The van der Waals surface area contributed by atoms with Crippen molar-refractivity contribution in [3.05, 3.63) is 60.7 Å². The summed E-state index contributed by atoms with van der Waals surface area (Å²) in [6.07, 6.45) is 2.93. The molecule has 0 aliphatic carbocycles. The number of piperidine rings is 1. The number of hydrogen-bond donors (Lipinski definition) is 1. The van der Waals surface area contributed by atoms with Gasteiger partial charge in [-0.25, -0.2) is 13.4 Å². The highest BCUT2D eigenvalue weighted by Gasteiger charge is 2.32. The summed E-state index contributed by atoms with van der Waals surface area (Å²) in [5.74, 6) is -0.334. The third-order valence-electron chi connectivity index (χ3n) is 6.04. The van der Waals surface area contributed by atoms with Crippen LogP contribution in [-0.2, 0) is 14.8 Å². The summed E-state index contributed by atoms with van der Waals surface area (Å²) < 4.78 is 28.4. The second-order valence-corrected chi connectivity index (χ2v) is 11.8. The lowest BCUT2D eigenvalue weighted by Gasteiger charge is -2.30. The van der Waals surface area contributed by atoms with E-state index < -0.39 is 10.0 Å². The van der Waals surface area contributed by atoms with E-state index in [2.05, 4.69) is 16.4 Å². The molecule has 1 amide bonds. The number of nitrogens with zero attached hydrogens (tertiary/aromatic N) is 2. The smallest absolute Gasteiger partial charge is 0.243 e. The molecular formula is C24H23N3O3S3. The van der Waals surface area contributed by atoms with Crippen LogP contribution in [0.15, 0.2) is 70.5 Å². The zero-order valence-corrected chi connectivity index (χ0v) is 20.5. The zero-order chi connectivity index (χ0) is 23.0. The molecule has 0 atom stereocenters. The number of carbonyl (C=O) groups is 1. The Morgan fingerprint density at radius 3 is 2.52 bits per heavy atom. The van der Waals surface area contributed by atoms with Crippen LogP contribution < -0.4 is 5.32 Å². The van der Waals surface area contributed by atoms with Gasteiger partial charge in [0.2, 0.25) is 15.9 Å². The van der Waals surface area contributed by atoms with E-state index in [0.29, 0.717) is 36.0 Å². The normalized spacial score (nSPS) is 15.8. The Bertz CT molecular complexity index is 1420. The maximum atomic E-state index is 13.0. The van der Waals surface area contributed by atoms with Gasteiger partial charge in [0.15, 0.2) is 5.13 Å². The highest BCUT2D eigenvalue weighted by molar-refractivity contribution is 7.98. The summed E-state index contributed by atoms with van der Waals surface area (Å²) in [7, 11) is -3.55. The number of thioether (sulfide) groups is 1. The molecule has 1 saturated heterocycles. The first-order valence-corrected chi connectivity index (χ1v) is 14.2. The quantitative estimate of drug-likeness (QED) is 0.383. The van der Waals surface area contributed by atoms with Crippen LogP contribution in [0.4, 0.5) is 5.13 Å². The van der Waals surface area contributed by atoms with Gasteiger partial charge in [-0.15, -0.1) is 11.8 Å². The third kappa shape index (κ3) is 4.38. The van der Waals surface area contributed by atoms with Crippen molar-refractivity contribution in [1.29, 1.82) is 0 Å². The monoisotopic (exact) mass is 497 g/mol. The van der Waals surface area contributed by atoms with Gasteiger partial charge in [0, 0.05) is 29.3 Å². The Morgan fingerprint density at radius 2 is 1.79 bits per heavy atom. The third-order valence-corrected chi connectivity index (χ3v) is 9.63. The van der Waals surface area contributed by atoms with Crippen LogP contribution in [0.5, 0.6) is 0 Å². The van der Waals surface area contributed by atoms with E-state index in [4.69, 9.17) is 0 Å². The standard InChI is InChI=1S/C24H23N3O3S3/c1-31-18-7-9-19(10-8-18)33(29,30)27-14-12-17(13-15-27)23(28)26-24-25-22-20-5-3-2-4-16(20)6-11-21(22)32-24/h2-11,17H,12-15H2,1H3,(H,25,26,28). The second-order valence-electron chi connectivity index (χ2n) is 8.00. The summed E-state index contributed by atoms with van der Waals surface area (Å²) in [6, 6.07) is 19.1. The van der Waals surface area contributed by atoms with E-state index in [9.17, 15) is 13.2 Å². The molecule has 0 unspecified atom stereocenters. The summed E-state index contributed by atoms with van der Waals surface area (Å²) in [5.41, 5.74) is 0.891. The molecule has 5 rings (SSSR count). The molecule has 1 aromatic heterocycles. The van der Waals surface area contributed by atoms with Crippen LogP contribution in [0.3, 0.4) is 0 Å². The molecule has 0 spiro atoms. The van der Waals surface area contributed by atoms with Gasteiger partial charge < -0.3 is 5.32 Å². The maximum Gasteiger partial charge on any atom is 0.243 e. The number of amides is 1. The van der Waals surface area contributed by atoms with Crippen molar-refractivity contribution in [2.24, 2.45) is 5.92 Å². The van der Waals surface area contributed by atoms with E-state index in [1.165, 1.54) is 15.6 Å².